The molecule has 0 unspecified atom stereocenters. The zero-order chi connectivity index (χ0) is 25.2. The molecule has 0 spiro atoms. The largest absolute Gasteiger partial charge is 0.483 e. The fourth-order valence-corrected chi connectivity index (χ4v) is 3.88. The molecule has 0 bridgehead atoms. The number of hydrogen-bond acceptors (Lipinski definition) is 3. The number of nitrogens with zero attached hydrogens (tertiary/aromatic N) is 1. The number of ether oxygens (including phenoxy) is 1. The molecule has 0 radical (unpaired) electrons. The summed E-state index contributed by atoms with van der Waals surface area (Å²) in [6.45, 7) is 8.18. The minimum atomic E-state index is -0.665. The van der Waals surface area contributed by atoms with Crippen molar-refractivity contribution in [3.05, 3.63) is 101 Å². The Morgan fingerprint density at radius 3 is 2.14 bits per heavy atom. The number of aryl methyl sites for hydroxylation is 1. The van der Waals surface area contributed by atoms with Crippen molar-refractivity contribution in [1.29, 1.82) is 0 Å². The second kappa shape index (κ2) is 12.7. The third-order valence-electron chi connectivity index (χ3n) is 6.37. The van der Waals surface area contributed by atoms with Crippen molar-refractivity contribution in [2.24, 2.45) is 0 Å². The highest BCUT2D eigenvalue weighted by Gasteiger charge is 2.31. The fraction of sp³-hybridized carbons (Fsp3) is 0.333. The van der Waals surface area contributed by atoms with Gasteiger partial charge in [0.2, 0.25) is 5.91 Å². The monoisotopic (exact) mass is 472 g/mol. The molecular weight excluding hydrogens is 436 g/mol. The number of rotatable bonds is 11. The first-order valence-corrected chi connectivity index (χ1v) is 12.3. The standard InChI is InChI=1S/C30H36N2O3/c1-5-23(3)31-30(34)27(19-25-14-8-6-9-15-25)32(20-26-16-10-7-11-17-26)29(33)21-35-28-18-12-13-22(2)24(28)4/h6-18,23,27H,5,19-21H2,1-4H3,(H,31,34)/t23-,27-/m1/s1. The molecule has 0 saturated carbocycles. The van der Waals surface area contributed by atoms with E-state index in [4.69, 9.17) is 4.74 Å². The molecule has 2 atom stereocenters. The Morgan fingerprint density at radius 1 is 0.886 bits per heavy atom. The fourth-order valence-electron chi connectivity index (χ4n) is 3.88. The summed E-state index contributed by atoms with van der Waals surface area (Å²) in [4.78, 5) is 28.8. The van der Waals surface area contributed by atoms with Crippen molar-refractivity contribution < 1.29 is 14.3 Å². The summed E-state index contributed by atoms with van der Waals surface area (Å²) in [5.74, 6) is 0.302. The molecule has 0 fully saturated rings. The smallest absolute Gasteiger partial charge is 0.261 e. The lowest BCUT2D eigenvalue weighted by atomic mass is 10.0. The zero-order valence-electron chi connectivity index (χ0n) is 21.2. The highest BCUT2D eigenvalue weighted by Crippen LogP contribution is 2.21. The molecule has 3 aromatic carbocycles. The van der Waals surface area contributed by atoms with Crippen LogP contribution in [-0.2, 0) is 22.6 Å². The number of nitrogens with one attached hydrogen (secondary N) is 1. The van der Waals surface area contributed by atoms with Gasteiger partial charge in [0.1, 0.15) is 11.8 Å². The van der Waals surface area contributed by atoms with Crippen molar-refractivity contribution in [3.8, 4) is 5.75 Å². The zero-order valence-corrected chi connectivity index (χ0v) is 21.2. The third-order valence-corrected chi connectivity index (χ3v) is 6.37. The number of benzene rings is 3. The predicted octanol–water partition coefficient (Wildman–Crippen LogP) is 5.24. The number of hydrogen-bond donors (Lipinski definition) is 1. The molecule has 0 saturated heterocycles. The van der Waals surface area contributed by atoms with E-state index >= 15 is 0 Å². The van der Waals surface area contributed by atoms with Crippen LogP contribution in [0, 0.1) is 13.8 Å². The number of amides is 2. The summed E-state index contributed by atoms with van der Waals surface area (Å²) < 4.78 is 5.96. The summed E-state index contributed by atoms with van der Waals surface area (Å²) in [6, 6.07) is 24.7. The minimum absolute atomic E-state index is 0.0145. The lowest BCUT2D eigenvalue weighted by Gasteiger charge is -2.32. The normalized spacial score (nSPS) is 12.5. The molecule has 3 aromatic rings. The van der Waals surface area contributed by atoms with Crippen LogP contribution in [0.25, 0.3) is 0 Å². The predicted molar refractivity (Wildman–Crippen MR) is 140 cm³/mol. The lowest BCUT2D eigenvalue weighted by Crippen LogP contribution is -2.53. The Morgan fingerprint density at radius 2 is 1.51 bits per heavy atom. The molecule has 35 heavy (non-hydrogen) atoms. The van der Waals surface area contributed by atoms with Crippen LogP contribution < -0.4 is 10.1 Å². The highest BCUT2D eigenvalue weighted by molar-refractivity contribution is 5.88. The van der Waals surface area contributed by atoms with E-state index in [-0.39, 0.29) is 24.5 Å². The molecule has 5 nitrogen and oxygen atoms in total. The van der Waals surface area contributed by atoms with Crippen molar-refractivity contribution in [1.82, 2.24) is 10.2 Å². The molecule has 1 N–H and O–H groups in total. The molecular formula is C30H36N2O3. The molecule has 0 aliphatic carbocycles. The third kappa shape index (κ3) is 7.44. The Kier molecular flexibility index (Phi) is 9.47. The van der Waals surface area contributed by atoms with Crippen LogP contribution in [-0.4, -0.2) is 35.4 Å². The van der Waals surface area contributed by atoms with Crippen molar-refractivity contribution in [3.63, 3.8) is 0 Å². The first-order valence-electron chi connectivity index (χ1n) is 12.3. The lowest BCUT2D eigenvalue weighted by molar-refractivity contribution is -0.143. The van der Waals surface area contributed by atoms with E-state index in [0.717, 1.165) is 28.7 Å². The van der Waals surface area contributed by atoms with Gasteiger partial charge >= 0.3 is 0 Å². The number of carbonyl (C=O) groups excluding carboxylic acids is 2. The summed E-state index contributed by atoms with van der Waals surface area (Å²) in [7, 11) is 0. The SMILES string of the molecule is CC[C@@H](C)NC(=O)[C@@H](Cc1ccccc1)N(Cc1ccccc1)C(=O)COc1cccc(C)c1C. The average molecular weight is 473 g/mol. The van der Waals surface area contributed by atoms with E-state index in [9.17, 15) is 9.59 Å². The van der Waals surface area contributed by atoms with Crippen LogP contribution in [0.15, 0.2) is 78.9 Å². The molecule has 0 aromatic heterocycles. The second-order valence-corrected chi connectivity index (χ2v) is 9.02. The Hall–Kier alpha value is -3.60. The van der Waals surface area contributed by atoms with Crippen LogP contribution in [0.3, 0.4) is 0 Å². The first kappa shape index (κ1) is 26.0. The molecule has 2 amide bonds. The van der Waals surface area contributed by atoms with Crippen LogP contribution in [0.4, 0.5) is 0 Å². The molecule has 0 aliphatic rings. The molecule has 5 heteroatoms. The Bertz CT molecular complexity index is 1100. The van der Waals surface area contributed by atoms with E-state index in [1.807, 2.05) is 107 Å². The van der Waals surface area contributed by atoms with Gasteiger partial charge < -0.3 is 15.0 Å². The van der Waals surface area contributed by atoms with Gasteiger partial charge in [-0.05, 0) is 55.5 Å². The van der Waals surface area contributed by atoms with Crippen LogP contribution >= 0.6 is 0 Å². The molecule has 184 valence electrons. The molecule has 0 aliphatic heterocycles. The van der Waals surface area contributed by atoms with Crippen LogP contribution in [0.5, 0.6) is 5.75 Å². The van der Waals surface area contributed by atoms with E-state index in [0.29, 0.717) is 18.7 Å². The first-order chi connectivity index (χ1) is 16.9. The maximum Gasteiger partial charge on any atom is 0.261 e. The summed E-state index contributed by atoms with van der Waals surface area (Å²) in [5.41, 5.74) is 4.07. The van der Waals surface area contributed by atoms with E-state index in [2.05, 4.69) is 5.32 Å². The second-order valence-electron chi connectivity index (χ2n) is 9.02. The van der Waals surface area contributed by atoms with Gasteiger partial charge in [-0.1, -0.05) is 79.7 Å². The van der Waals surface area contributed by atoms with E-state index in [1.54, 1.807) is 4.90 Å². The number of carbonyl (C=O) groups is 2. The maximum absolute atomic E-state index is 13.6. The van der Waals surface area contributed by atoms with Crippen molar-refractivity contribution in [2.75, 3.05) is 6.61 Å². The van der Waals surface area contributed by atoms with Crippen LogP contribution in [0.1, 0.15) is 42.5 Å². The van der Waals surface area contributed by atoms with Gasteiger partial charge in [0.05, 0.1) is 0 Å². The van der Waals surface area contributed by atoms with Gasteiger partial charge in [-0.3, -0.25) is 9.59 Å². The summed E-state index contributed by atoms with van der Waals surface area (Å²) in [5, 5.41) is 3.09. The topological polar surface area (TPSA) is 58.6 Å². The van der Waals surface area contributed by atoms with Gasteiger partial charge in [0, 0.05) is 19.0 Å². The van der Waals surface area contributed by atoms with Gasteiger partial charge in [0.25, 0.3) is 5.91 Å². The quantitative estimate of drug-likeness (QED) is 0.415. The Labute approximate surface area is 209 Å². The van der Waals surface area contributed by atoms with Crippen molar-refractivity contribution in [2.45, 2.75) is 59.2 Å². The minimum Gasteiger partial charge on any atom is -0.483 e. The van der Waals surface area contributed by atoms with E-state index < -0.39 is 6.04 Å². The van der Waals surface area contributed by atoms with Crippen molar-refractivity contribution >= 4 is 11.8 Å². The molecule has 3 rings (SSSR count). The highest BCUT2D eigenvalue weighted by atomic mass is 16.5. The maximum atomic E-state index is 13.6. The van der Waals surface area contributed by atoms with Gasteiger partial charge in [-0.25, -0.2) is 0 Å². The van der Waals surface area contributed by atoms with Gasteiger partial charge in [-0.15, -0.1) is 0 Å². The van der Waals surface area contributed by atoms with Gasteiger partial charge in [-0.2, -0.15) is 0 Å². The average Bonchev–Trinajstić information content (AvgIpc) is 2.87. The van der Waals surface area contributed by atoms with E-state index in [1.165, 1.54) is 0 Å². The summed E-state index contributed by atoms with van der Waals surface area (Å²) >= 11 is 0. The van der Waals surface area contributed by atoms with Gasteiger partial charge in [0.15, 0.2) is 6.61 Å². The Balaban J connectivity index is 1.91. The molecule has 0 heterocycles. The summed E-state index contributed by atoms with van der Waals surface area (Å²) in [6.07, 6.45) is 1.23. The van der Waals surface area contributed by atoms with Crippen LogP contribution in [0.2, 0.25) is 0 Å².